The Balaban J connectivity index is 0.000000169. The fourth-order valence-corrected chi connectivity index (χ4v) is 14.6. The smallest absolute Gasteiger partial charge is 0.227 e. The van der Waals surface area contributed by atoms with Gasteiger partial charge in [-0.3, -0.25) is 24.0 Å². The molecule has 16 atom stereocenters. The normalized spacial score (nSPS) is 50.6. The van der Waals surface area contributed by atoms with Crippen molar-refractivity contribution in [3.8, 4) is 0 Å². The van der Waals surface area contributed by atoms with E-state index in [-0.39, 0.29) is 90.9 Å². The average molecular weight is 763 g/mol. The summed E-state index contributed by atoms with van der Waals surface area (Å²) in [5, 5.41) is 63.7. The number of hydrogen-bond donors (Lipinski definition) is 6. The number of aliphatic hydroxyl groups excluding tert-OH is 3. The van der Waals surface area contributed by atoms with E-state index in [2.05, 4.69) is 27.7 Å². The van der Waals surface area contributed by atoms with Crippen LogP contribution in [-0.2, 0) is 24.0 Å². The molecule has 0 spiro atoms. The lowest BCUT2D eigenvalue weighted by Gasteiger charge is -2.60. The van der Waals surface area contributed by atoms with Gasteiger partial charge in [-0.25, -0.2) is 0 Å². The van der Waals surface area contributed by atoms with Crippen LogP contribution < -0.4 is 0 Å². The zero-order valence-corrected chi connectivity index (χ0v) is 32.8. The van der Waals surface area contributed by atoms with Crippen molar-refractivity contribution in [2.24, 2.45) is 69.0 Å². The van der Waals surface area contributed by atoms with Crippen molar-refractivity contribution in [3.05, 3.63) is 47.6 Å². The van der Waals surface area contributed by atoms with Crippen LogP contribution in [0.2, 0.25) is 0 Å². The molecular formula is C44H58O11. The van der Waals surface area contributed by atoms with Gasteiger partial charge in [0.05, 0.1) is 12.2 Å². The predicted molar refractivity (Wildman–Crippen MR) is 199 cm³/mol. The molecule has 0 saturated heterocycles. The quantitative estimate of drug-likeness (QED) is 0.139. The molecule has 0 unspecified atom stereocenters. The standard InChI is InChI=1S/C22H30O6.C22H28O5/c1-11-8-13-14-5-7-22(28,18(25)19(26)27)21(14,3)10-16(24)17(13)20(2)6-4-12(23)9-15(11)20;1-12-8-14-15-5-7-22(27,18(26)11-23)21(15,3)10-17(25)19(14)20(2)6-4-13(24)9-16(12)20/h4,6,9,11,13-14,16-17,19,24,26-28H,5,7-8,10H2,1-3H3;4,6,9,11-12,14-15,17,19,25,27H,5,7-8,10H2,1-3H3/t11-,13-,14-,16-,17+,20-,21-,22-;12-,14-,15-,17-,19+,20-,21-,22-/m00/s1. The summed E-state index contributed by atoms with van der Waals surface area (Å²) in [5.41, 5.74) is -3.96. The fraction of sp³-hybridized carbons (Fsp3) is 0.705. The van der Waals surface area contributed by atoms with Crippen LogP contribution in [0.25, 0.3) is 0 Å². The average Bonchev–Trinajstić information content (AvgIpc) is 3.54. The zero-order valence-electron chi connectivity index (χ0n) is 32.8. The molecular weight excluding hydrogens is 704 g/mol. The Bertz CT molecular complexity index is 1830. The highest BCUT2D eigenvalue weighted by Gasteiger charge is 2.70. The molecule has 0 bridgehead atoms. The van der Waals surface area contributed by atoms with Gasteiger partial charge in [0.1, 0.15) is 11.2 Å². The molecule has 11 nitrogen and oxygen atoms in total. The highest BCUT2D eigenvalue weighted by Crippen LogP contribution is 2.69. The van der Waals surface area contributed by atoms with E-state index in [9.17, 15) is 54.6 Å². The first-order valence-corrected chi connectivity index (χ1v) is 20.2. The maximum absolute atomic E-state index is 12.5. The van der Waals surface area contributed by atoms with E-state index < -0.39 is 62.9 Å². The first-order valence-electron chi connectivity index (χ1n) is 20.2. The molecule has 11 heteroatoms. The molecule has 6 saturated carbocycles. The van der Waals surface area contributed by atoms with E-state index in [1.807, 2.05) is 26.0 Å². The van der Waals surface area contributed by atoms with Crippen molar-refractivity contribution in [2.75, 3.05) is 0 Å². The minimum absolute atomic E-state index is 0.00488. The van der Waals surface area contributed by atoms with Gasteiger partial charge in [-0.15, -0.1) is 0 Å². The molecule has 300 valence electrons. The Morgan fingerprint density at radius 2 is 1.13 bits per heavy atom. The van der Waals surface area contributed by atoms with Crippen LogP contribution in [0, 0.1) is 69.0 Å². The molecule has 0 aliphatic heterocycles. The van der Waals surface area contributed by atoms with Gasteiger partial charge in [-0.05, 0) is 111 Å². The summed E-state index contributed by atoms with van der Waals surface area (Å²) >= 11 is 0. The minimum Gasteiger partial charge on any atom is -0.393 e. The maximum Gasteiger partial charge on any atom is 0.227 e. The minimum atomic E-state index is -2.22. The summed E-state index contributed by atoms with van der Waals surface area (Å²) in [6.45, 7) is 12.0. The lowest BCUT2D eigenvalue weighted by molar-refractivity contribution is -0.195. The molecule has 6 N–H and O–H groups in total. The molecule has 8 rings (SSSR count). The summed E-state index contributed by atoms with van der Waals surface area (Å²) in [6.07, 6.45) is 10.8. The Morgan fingerprint density at radius 1 is 0.727 bits per heavy atom. The Labute approximate surface area is 322 Å². The van der Waals surface area contributed by atoms with Crippen LogP contribution in [0.4, 0.5) is 0 Å². The molecule has 0 aromatic carbocycles. The van der Waals surface area contributed by atoms with Crippen molar-refractivity contribution >= 4 is 29.4 Å². The summed E-state index contributed by atoms with van der Waals surface area (Å²) < 4.78 is 0. The van der Waals surface area contributed by atoms with Crippen molar-refractivity contribution in [2.45, 2.75) is 123 Å². The molecule has 0 radical (unpaired) electrons. The van der Waals surface area contributed by atoms with Crippen LogP contribution in [-0.4, -0.2) is 89.8 Å². The molecule has 0 aromatic rings. The van der Waals surface area contributed by atoms with Gasteiger partial charge < -0.3 is 30.6 Å². The van der Waals surface area contributed by atoms with Crippen LogP contribution >= 0.6 is 0 Å². The second-order valence-corrected chi connectivity index (χ2v) is 19.5. The number of ketones is 4. The number of aliphatic hydroxyl groups is 6. The number of rotatable bonds is 4. The number of carbonyl (C=O) groups is 5. The summed E-state index contributed by atoms with van der Waals surface area (Å²) in [4.78, 5) is 59.9. The SMILES string of the molecule is C[C@H]1C[C@@H]2[C@H]([C@@H](O)C[C@@]3(C)[C@H]2CC[C@]3(O)C(=O)C(O)O)[C@@]2(C)C=CC(=O)C=C12.C[C@H]1C[C@@H]2[C@H]([C@@H](O)C[C@@]3(C)[C@H]2CC[C@]3(O)C(=O)C=O)[C@@]2(C)C=CC(=O)C=C12. The van der Waals surface area contributed by atoms with Crippen molar-refractivity contribution < 1.29 is 54.6 Å². The molecule has 6 fully saturated rings. The summed E-state index contributed by atoms with van der Waals surface area (Å²) in [5.74, 6) is -1.34. The number of aldehydes is 1. The van der Waals surface area contributed by atoms with E-state index in [0.29, 0.717) is 12.8 Å². The molecule has 55 heavy (non-hydrogen) atoms. The largest absolute Gasteiger partial charge is 0.393 e. The highest BCUT2D eigenvalue weighted by atomic mass is 16.5. The van der Waals surface area contributed by atoms with Crippen LogP contribution in [0.3, 0.4) is 0 Å². The topological polar surface area (TPSA) is 207 Å². The van der Waals surface area contributed by atoms with Crippen molar-refractivity contribution in [1.29, 1.82) is 0 Å². The van der Waals surface area contributed by atoms with E-state index in [4.69, 9.17) is 0 Å². The van der Waals surface area contributed by atoms with Crippen LogP contribution in [0.5, 0.6) is 0 Å². The third-order valence-corrected chi connectivity index (χ3v) is 17.1. The van der Waals surface area contributed by atoms with Gasteiger partial charge in [0.25, 0.3) is 0 Å². The number of carbonyl (C=O) groups excluding carboxylic acids is 5. The molecule has 0 heterocycles. The number of allylic oxidation sites excluding steroid dienone is 8. The third kappa shape index (κ3) is 5.39. The van der Waals surface area contributed by atoms with Crippen molar-refractivity contribution in [1.82, 2.24) is 0 Å². The highest BCUT2D eigenvalue weighted by molar-refractivity contribution is 6.29. The van der Waals surface area contributed by atoms with Crippen LogP contribution in [0.15, 0.2) is 47.6 Å². The number of Topliss-reactive ketones (excluding diaryl/α,β-unsaturated/α-hetero) is 2. The summed E-state index contributed by atoms with van der Waals surface area (Å²) in [7, 11) is 0. The molecule has 0 amide bonds. The molecule has 8 aliphatic rings. The van der Waals surface area contributed by atoms with Crippen molar-refractivity contribution in [3.63, 3.8) is 0 Å². The van der Waals surface area contributed by atoms with Crippen LogP contribution in [0.1, 0.15) is 92.9 Å². The molecule has 0 aromatic heterocycles. The van der Waals surface area contributed by atoms with Gasteiger partial charge in [0.2, 0.25) is 17.9 Å². The van der Waals surface area contributed by atoms with E-state index >= 15 is 0 Å². The number of fused-ring (bicyclic) bond motifs is 10. The monoisotopic (exact) mass is 762 g/mol. The maximum atomic E-state index is 12.5. The van der Waals surface area contributed by atoms with E-state index in [1.54, 1.807) is 24.3 Å². The Morgan fingerprint density at radius 3 is 1.53 bits per heavy atom. The van der Waals surface area contributed by atoms with Gasteiger partial charge in [-0.2, -0.15) is 0 Å². The third-order valence-electron chi connectivity index (χ3n) is 17.1. The van der Waals surface area contributed by atoms with Gasteiger partial charge in [0.15, 0.2) is 17.9 Å². The predicted octanol–water partition coefficient (Wildman–Crippen LogP) is 3.13. The van der Waals surface area contributed by atoms with Gasteiger partial charge in [-0.1, -0.05) is 64.8 Å². The lowest BCUT2D eigenvalue weighted by Crippen LogP contribution is -2.63. The lowest BCUT2D eigenvalue weighted by atomic mass is 9.44. The second kappa shape index (κ2) is 13.0. The Hall–Kier alpha value is -2.93. The van der Waals surface area contributed by atoms with E-state index in [1.165, 1.54) is 0 Å². The summed E-state index contributed by atoms with van der Waals surface area (Å²) in [6, 6.07) is 0. The Kier molecular flexibility index (Phi) is 9.55. The first-order chi connectivity index (χ1) is 25.5. The fourth-order valence-electron chi connectivity index (χ4n) is 14.6. The van der Waals surface area contributed by atoms with E-state index in [0.717, 1.165) is 24.0 Å². The second-order valence-electron chi connectivity index (χ2n) is 19.5. The first kappa shape index (κ1) is 40.3. The number of hydrogen-bond acceptors (Lipinski definition) is 11. The van der Waals surface area contributed by atoms with Gasteiger partial charge >= 0.3 is 0 Å². The zero-order chi connectivity index (χ0) is 40.4. The van der Waals surface area contributed by atoms with Gasteiger partial charge in [0, 0.05) is 33.5 Å². The molecule has 8 aliphatic carbocycles.